The fourth-order valence-electron chi connectivity index (χ4n) is 1.53. The van der Waals surface area contributed by atoms with Crippen LogP contribution in [0.4, 0.5) is 0 Å². The lowest BCUT2D eigenvalue weighted by molar-refractivity contribution is 0.762. The standard InChI is InChI=1S/C14H20BrN/c1-4-12(10-16-5-2)9-13-7-6-11(3)8-14(13)15/h6-9,16H,4-5,10H2,1-3H3/b12-9+. The van der Waals surface area contributed by atoms with Gasteiger partial charge >= 0.3 is 0 Å². The summed E-state index contributed by atoms with van der Waals surface area (Å²) in [5, 5.41) is 3.37. The number of aryl methyl sites for hydroxylation is 1. The molecular weight excluding hydrogens is 262 g/mol. The van der Waals surface area contributed by atoms with Gasteiger partial charge in [0.15, 0.2) is 0 Å². The number of likely N-dealkylation sites (N-methyl/N-ethyl adjacent to an activating group) is 1. The minimum Gasteiger partial charge on any atom is -0.313 e. The predicted molar refractivity (Wildman–Crippen MR) is 75.7 cm³/mol. The lowest BCUT2D eigenvalue weighted by atomic mass is 10.1. The zero-order valence-corrected chi connectivity index (χ0v) is 11.9. The van der Waals surface area contributed by atoms with Gasteiger partial charge in [-0.2, -0.15) is 0 Å². The lowest BCUT2D eigenvalue weighted by Crippen LogP contribution is -2.15. The topological polar surface area (TPSA) is 12.0 Å². The van der Waals surface area contributed by atoms with Gasteiger partial charge in [-0.05, 0) is 37.1 Å². The molecule has 0 unspecified atom stereocenters. The Labute approximate surface area is 107 Å². The fourth-order valence-corrected chi connectivity index (χ4v) is 2.14. The molecule has 0 atom stereocenters. The molecule has 1 nitrogen and oxygen atoms in total. The van der Waals surface area contributed by atoms with E-state index in [0.29, 0.717) is 0 Å². The van der Waals surface area contributed by atoms with Crippen molar-refractivity contribution in [3.63, 3.8) is 0 Å². The van der Waals surface area contributed by atoms with Crippen molar-refractivity contribution in [1.82, 2.24) is 5.32 Å². The molecule has 0 aliphatic rings. The number of hydrogen-bond donors (Lipinski definition) is 1. The summed E-state index contributed by atoms with van der Waals surface area (Å²) in [6.45, 7) is 8.44. The summed E-state index contributed by atoms with van der Waals surface area (Å²) in [6.07, 6.45) is 3.36. The molecule has 88 valence electrons. The lowest BCUT2D eigenvalue weighted by Gasteiger charge is -2.07. The molecule has 0 bridgehead atoms. The van der Waals surface area contributed by atoms with Gasteiger partial charge in [0.2, 0.25) is 0 Å². The van der Waals surface area contributed by atoms with Crippen molar-refractivity contribution in [2.45, 2.75) is 27.2 Å². The van der Waals surface area contributed by atoms with Gasteiger partial charge in [0.05, 0.1) is 0 Å². The van der Waals surface area contributed by atoms with E-state index in [2.05, 4.69) is 66.3 Å². The van der Waals surface area contributed by atoms with Gasteiger partial charge < -0.3 is 5.32 Å². The zero-order valence-electron chi connectivity index (χ0n) is 10.3. The van der Waals surface area contributed by atoms with Crippen LogP contribution in [0.1, 0.15) is 31.4 Å². The predicted octanol–water partition coefficient (Wildman–Crippen LogP) is 4.16. The summed E-state index contributed by atoms with van der Waals surface area (Å²) in [5.74, 6) is 0. The molecule has 0 spiro atoms. The molecule has 0 aliphatic carbocycles. The van der Waals surface area contributed by atoms with Gasteiger partial charge in [-0.1, -0.05) is 53.6 Å². The summed E-state index contributed by atoms with van der Waals surface area (Å²) in [6, 6.07) is 6.48. The Morgan fingerprint density at radius 2 is 2.12 bits per heavy atom. The van der Waals surface area contributed by atoms with Crippen molar-refractivity contribution < 1.29 is 0 Å². The number of benzene rings is 1. The highest BCUT2D eigenvalue weighted by Crippen LogP contribution is 2.21. The second-order valence-electron chi connectivity index (χ2n) is 3.96. The van der Waals surface area contributed by atoms with Crippen molar-refractivity contribution in [3.8, 4) is 0 Å². The number of halogens is 1. The highest BCUT2D eigenvalue weighted by atomic mass is 79.9. The molecule has 0 aliphatic heterocycles. The molecular formula is C14H20BrN. The van der Waals surface area contributed by atoms with Gasteiger partial charge in [0.25, 0.3) is 0 Å². The highest BCUT2D eigenvalue weighted by Gasteiger charge is 1.99. The summed E-state index contributed by atoms with van der Waals surface area (Å²) < 4.78 is 1.18. The first-order valence-corrected chi connectivity index (χ1v) is 6.63. The molecule has 0 radical (unpaired) electrons. The Morgan fingerprint density at radius 3 is 2.69 bits per heavy atom. The first-order chi connectivity index (χ1) is 7.67. The molecule has 0 amide bonds. The first-order valence-electron chi connectivity index (χ1n) is 5.83. The third kappa shape index (κ3) is 4.11. The van der Waals surface area contributed by atoms with E-state index < -0.39 is 0 Å². The Morgan fingerprint density at radius 1 is 1.38 bits per heavy atom. The second-order valence-corrected chi connectivity index (χ2v) is 4.82. The SMILES string of the molecule is CCNC/C(=C/c1ccc(C)cc1Br)CC. The van der Waals surface area contributed by atoms with Crippen LogP contribution in [-0.2, 0) is 0 Å². The van der Waals surface area contributed by atoms with Crippen LogP contribution in [0.3, 0.4) is 0 Å². The maximum atomic E-state index is 3.61. The quantitative estimate of drug-likeness (QED) is 0.855. The van der Waals surface area contributed by atoms with Crippen molar-refractivity contribution in [2.75, 3.05) is 13.1 Å². The molecule has 2 heteroatoms. The summed E-state index contributed by atoms with van der Waals surface area (Å²) in [5.41, 5.74) is 3.99. The van der Waals surface area contributed by atoms with E-state index in [0.717, 1.165) is 19.5 Å². The molecule has 1 rings (SSSR count). The molecule has 16 heavy (non-hydrogen) atoms. The van der Waals surface area contributed by atoms with E-state index in [1.807, 2.05) is 0 Å². The van der Waals surface area contributed by atoms with Crippen LogP contribution < -0.4 is 5.32 Å². The van der Waals surface area contributed by atoms with Gasteiger partial charge in [0.1, 0.15) is 0 Å². The molecule has 0 heterocycles. The Balaban J connectivity index is 2.86. The highest BCUT2D eigenvalue weighted by molar-refractivity contribution is 9.10. The molecule has 1 aromatic carbocycles. The van der Waals surface area contributed by atoms with E-state index in [1.165, 1.54) is 21.2 Å². The summed E-state index contributed by atoms with van der Waals surface area (Å²) >= 11 is 3.61. The molecule has 0 fully saturated rings. The smallest absolute Gasteiger partial charge is 0.0250 e. The zero-order chi connectivity index (χ0) is 12.0. The Bertz CT molecular complexity index is 369. The maximum absolute atomic E-state index is 3.61. The van der Waals surface area contributed by atoms with Crippen LogP contribution in [0.5, 0.6) is 0 Å². The van der Waals surface area contributed by atoms with E-state index >= 15 is 0 Å². The molecule has 0 aromatic heterocycles. The Kier molecular flexibility index (Phi) is 5.78. The molecule has 0 saturated heterocycles. The van der Waals surface area contributed by atoms with Crippen molar-refractivity contribution in [3.05, 3.63) is 39.4 Å². The normalized spacial score (nSPS) is 11.9. The minimum atomic E-state index is 0.979. The fraction of sp³-hybridized carbons (Fsp3) is 0.429. The number of nitrogens with one attached hydrogen (secondary N) is 1. The average molecular weight is 282 g/mol. The molecule has 0 saturated carbocycles. The third-order valence-electron chi connectivity index (χ3n) is 2.57. The van der Waals surface area contributed by atoms with Gasteiger partial charge in [0, 0.05) is 11.0 Å². The van der Waals surface area contributed by atoms with Crippen LogP contribution in [-0.4, -0.2) is 13.1 Å². The third-order valence-corrected chi connectivity index (χ3v) is 3.26. The van der Waals surface area contributed by atoms with Crippen molar-refractivity contribution in [2.24, 2.45) is 0 Å². The van der Waals surface area contributed by atoms with Crippen LogP contribution >= 0.6 is 15.9 Å². The molecule has 1 N–H and O–H groups in total. The van der Waals surface area contributed by atoms with Crippen molar-refractivity contribution >= 4 is 22.0 Å². The minimum absolute atomic E-state index is 0.979. The maximum Gasteiger partial charge on any atom is 0.0250 e. The number of hydrogen-bond acceptors (Lipinski definition) is 1. The molecule has 1 aromatic rings. The van der Waals surface area contributed by atoms with Crippen LogP contribution in [0.25, 0.3) is 6.08 Å². The van der Waals surface area contributed by atoms with Crippen LogP contribution in [0.2, 0.25) is 0 Å². The van der Waals surface area contributed by atoms with Crippen LogP contribution in [0, 0.1) is 6.92 Å². The van der Waals surface area contributed by atoms with Crippen LogP contribution in [0.15, 0.2) is 28.2 Å². The largest absolute Gasteiger partial charge is 0.313 e. The van der Waals surface area contributed by atoms with Crippen molar-refractivity contribution in [1.29, 1.82) is 0 Å². The van der Waals surface area contributed by atoms with Gasteiger partial charge in [-0.25, -0.2) is 0 Å². The summed E-state index contributed by atoms with van der Waals surface area (Å²) in [4.78, 5) is 0. The van der Waals surface area contributed by atoms with Gasteiger partial charge in [-0.3, -0.25) is 0 Å². The summed E-state index contributed by atoms with van der Waals surface area (Å²) in [7, 11) is 0. The van der Waals surface area contributed by atoms with E-state index in [9.17, 15) is 0 Å². The second kappa shape index (κ2) is 6.87. The Hall–Kier alpha value is -0.600. The van der Waals surface area contributed by atoms with E-state index in [-0.39, 0.29) is 0 Å². The van der Waals surface area contributed by atoms with E-state index in [4.69, 9.17) is 0 Å². The first kappa shape index (κ1) is 13.5. The van der Waals surface area contributed by atoms with E-state index in [1.54, 1.807) is 0 Å². The average Bonchev–Trinajstić information content (AvgIpc) is 2.27. The monoisotopic (exact) mass is 281 g/mol. The van der Waals surface area contributed by atoms with Gasteiger partial charge in [-0.15, -0.1) is 0 Å². The number of rotatable bonds is 5.